The summed E-state index contributed by atoms with van der Waals surface area (Å²) in [6, 6.07) is 22.5. The molecule has 0 saturated carbocycles. The zero-order chi connectivity index (χ0) is 28.2. The van der Waals surface area contributed by atoms with Crippen molar-refractivity contribution in [2.75, 3.05) is 31.0 Å². The topological polar surface area (TPSA) is 97.7 Å². The van der Waals surface area contributed by atoms with Crippen LogP contribution in [0.4, 0.5) is 11.4 Å². The van der Waals surface area contributed by atoms with Crippen molar-refractivity contribution in [2.45, 2.75) is 19.0 Å². The summed E-state index contributed by atoms with van der Waals surface area (Å²) in [5.41, 5.74) is 5.66. The molecular weight excluding hydrogens is 526 g/mol. The van der Waals surface area contributed by atoms with Crippen molar-refractivity contribution >= 4 is 40.6 Å². The van der Waals surface area contributed by atoms with Crippen LogP contribution in [-0.4, -0.2) is 47.4 Å². The molecule has 2 N–H and O–H groups in total. The van der Waals surface area contributed by atoms with Crippen LogP contribution in [0.1, 0.15) is 39.4 Å². The molecule has 0 aliphatic carbocycles. The monoisotopic (exact) mass is 555 g/mol. The third-order valence-electron chi connectivity index (χ3n) is 6.79. The van der Waals surface area contributed by atoms with E-state index in [9.17, 15) is 9.59 Å². The SMILES string of the molecule is COCC(=O)Nc1ccc(N2C(=S)N[C@H](c3ccccn3)[C@H]2c2cccn2-c2ccc(C(=O)OC)cc2)cc1C. The number of ether oxygens (including phenoxy) is 2. The molecule has 1 aliphatic rings. The Morgan fingerprint density at radius 1 is 1.02 bits per heavy atom. The lowest BCUT2D eigenvalue weighted by molar-refractivity contribution is -0.119. The average molecular weight is 556 g/mol. The minimum absolute atomic E-state index is 0.0211. The number of amides is 1. The number of thiocarbonyl (C=S) groups is 1. The molecule has 2 atom stereocenters. The zero-order valence-electron chi connectivity index (χ0n) is 22.3. The molecule has 0 unspecified atom stereocenters. The molecule has 1 fully saturated rings. The van der Waals surface area contributed by atoms with Crippen molar-refractivity contribution in [3.63, 3.8) is 0 Å². The molecular formula is C30H29N5O4S. The predicted molar refractivity (Wildman–Crippen MR) is 157 cm³/mol. The van der Waals surface area contributed by atoms with Gasteiger partial charge in [-0.2, -0.15) is 0 Å². The van der Waals surface area contributed by atoms with Gasteiger partial charge in [-0.25, -0.2) is 4.79 Å². The van der Waals surface area contributed by atoms with E-state index in [0.717, 1.165) is 28.3 Å². The highest BCUT2D eigenvalue weighted by Gasteiger charge is 2.42. The van der Waals surface area contributed by atoms with Gasteiger partial charge in [0.2, 0.25) is 5.91 Å². The lowest BCUT2D eigenvalue weighted by Crippen LogP contribution is -2.30. The van der Waals surface area contributed by atoms with E-state index in [1.165, 1.54) is 14.2 Å². The van der Waals surface area contributed by atoms with Crippen LogP contribution in [0.3, 0.4) is 0 Å². The molecule has 0 radical (unpaired) electrons. The molecule has 1 saturated heterocycles. The second-order valence-corrected chi connectivity index (χ2v) is 9.71. The van der Waals surface area contributed by atoms with Crippen molar-refractivity contribution in [3.8, 4) is 5.69 Å². The van der Waals surface area contributed by atoms with Crippen LogP contribution in [0.5, 0.6) is 0 Å². The van der Waals surface area contributed by atoms with Gasteiger partial charge in [0.15, 0.2) is 5.11 Å². The molecule has 0 spiro atoms. The van der Waals surface area contributed by atoms with E-state index in [-0.39, 0.29) is 30.6 Å². The van der Waals surface area contributed by atoms with Crippen LogP contribution < -0.4 is 15.5 Å². The summed E-state index contributed by atoms with van der Waals surface area (Å²) < 4.78 is 11.9. The fourth-order valence-corrected chi connectivity index (χ4v) is 5.28. The number of esters is 1. The maximum absolute atomic E-state index is 12.1. The molecule has 1 amide bonds. The number of aryl methyl sites for hydroxylation is 1. The molecule has 10 heteroatoms. The van der Waals surface area contributed by atoms with Crippen molar-refractivity contribution in [3.05, 3.63) is 108 Å². The van der Waals surface area contributed by atoms with Crippen LogP contribution >= 0.6 is 12.2 Å². The molecule has 1 aliphatic heterocycles. The Morgan fingerprint density at radius 2 is 1.80 bits per heavy atom. The number of anilines is 2. The van der Waals surface area contributed by atoms with E-state index in [1.54, 1.807) is 18.3 Å². The highest BCUT2D eigenvalue weighted by Crippen LogP contribution is 2.42. The van der Waals surface area contributed by atoms with E-state index in [2.05, 4.69) is 31.2 Å². The number of carbonyl (C=O) groups is 2. The summed E-state index contributed by atoms with van der Waals surface area (Å²) in [6.45, 7) is 1.92. The highest BCUT2D eigenvalue weighted by molar-refractivity contribution is 7.80. The fraction of sp³-hybridized carbons (Fsp3) is 0.200. The molecule has 0 bridgehead atoms. The number of benzene rings is 2. The standard InChI is InChI=1S/C30H29N5O4S/c1-19-17-22(13-14-23(19)32-26(36)18-38-2)35-28(27(33-30(35)40)24-7-4-5-15-31-24)25-8-6-16-34(25)21-11-9-20(10-12-21)29(37)39-3/h4-17,27-28H,18H2,1-3H3,(H,32,36)(H,33,40)/t27-,28-/m1/s1. The Morgan fingerprint density at radius 3 is 2.48 bits per heavy atom. The maximum Gasteiger partial charge on any atom is 0.337 e. The lowest BCUT2D eigenvalue weighted by Gasteiger charge is -2.29. The molecule has 2 aromatic carbocycles. The zero-order valence-corrected chi connectivity index (χ0v) is 23.1. The fourth-order valence-electron chi connectivity index (χ4n) is 4.93. The predicted octanol–water partition coefficient (Wildman–Crippen LogP) is 4.73. The van der Waals surface area contributed by atoms with E-state index in [4.69, 9.17) is 21.7 Å². The Labute approximate surface area is 237 Å². The van der Waals surface area contributed by atoms with Gasteiger partial charge >= 0.3 is 5.97 Å². The van der Waals surface area contributed by atoms with Gasteiger partial charge in [-0.05, 0) is 91.4 Å². The quantitative estimate of drug-likeness (QED) is 0.238. The molecule has 204 valence electrons. The highest BCUT2D eigenvalue weighted by atomic mass is 32.1. The summed E-state index contributed by atoms with van der Waals surface area (Å²) in [5, 5.41) is 6.93. The number of hydrogen-bond donors (Lipinski definition) is 2. The summed E-state index contributed by atoms with van der Waals surface area (Å²) in [7, 11) is 2.85. The van der Waals surface area contributed by atoms with E-state index in [0.29, 0.717) is 16.4 Å². The average Bonchev–Trinajstić information content (AvgIpc) is 3.58. The molecule has 5 rings (SSSR count). The van der Waals surface area contributed by atoms with Crippen molar-refractivity contribution in [1.82, 2.24) is 14.9 Å². The van der Waals surface area contributed by atoms with Crippen molar-refractivity contribution in [2.24, 2.45) is 0 Å². The third-order valence-corrected chi connectivity index (χ3v) is 7.10. The largest absolute Gasteiger partial charge is 0.465 e. The first-order valence-electron chi connectivity index (χ1n) is 12.7. The number of carbonyl (C=O) groups excluding carboxylic acids is 2. The number of hydrogen-bond acceptors (Lipinski definition) is 6. The number of pyridine rings is 1. The van der Waals surface area contributed by atoms with Gasteiger partial charge in [0.05, 0.1) is 24.4 Å². The first-order chi connectivity index (χ1) is 19.4. The Kier molecular flexibility index (Phi) is 7.90. The number of nitrogens with zero attached hydrogens (tertiary/aromatic N) is 3. The number of aromatic nitrogens is 2. The molecule has 3 heterocycles. The molecule has 4 aromatic rings. The number of methoxy groups -OCH3 is 2. The first kappa shape index (κ1) is 27.0. The lowest BCUT2D eigenvalue weighted by atomic mass is 10.00. The van der Waals surface area contributed by atoms with Crippen LogP contribution in [0.15, 0.2) is 85.2 Å². The smallest absolute Gasteiger partial charge is 0.337 e. The Bertz CT molecular complexity index is 1540. The van der Waals surface area contributed by atoms with E-state index < -0.39 is 0 Å². The van der Waals surface area contributed by atoms with Crippen LogP contribution in [0.25, 0.3) is 5.69 Å². The molecule has 9 nitrogen and oxygen atoms in total. The van der Waals surface area contributed by atoms with Crippen LogP contribution in [-0.2, 0) is 14.3 Å². The van der Waals surface area contributed by atoms with Gasteiger partial charge < -0.3 is 29.6 Å². The van der Waals surface area contributed by atoms with E-state index in [1.807, 2.05) is 67.7 Å². The second kappa shape index (κ2) is 11.7. The van der Waals surface area contributed by atoms with Crippen molar-refractivity contribution < 1.29 is 19.1 Å². The summed E-state index contributed by atoms with van der Waals surface area (Å²) >= 11 is 5.89. The van der Waals surface area contributed by atoms with Gasteiger partial charge in [0, 0.05) is 42.3 Å². The minimum Gasteiger partial charge on any atom is -0.465 e. The van der Waals surface area contributed by atoms with E-state index >= 15 is 0 Å². The normalized spacial score (nSPS) is 16.5. The Balaban J connectivity index is 1.57. The van der Waals surface area contributed by atoms with Crippen LogP contribution in [0, 0.1) is 6.92 Å². The van der Waals surface area contributed by atoms with Gasteiger partial charge in [0.25, 0.3) is 0 Å². The Hall–Kier alpha value is -4.54. The molecule has 2 aromatic heterocycles. The maximum atomic E-state index is 12.1. The summed E-state index contributed by atoms with van der Waals surface area (Å²) in [6.07, 6.45) is 3.75. The van der Waals surface area contributed by atoms with Gasteiger partial charge in [-0.3, -0.25) is 9.78 Å². The van der Waals surface area contributed by atoms with Gasteiger partial charge in [0.1, 0.15) is 12.6 Å². The first-order valence-corrected chi connectivity index (χ1v) is 13.1. The summed E-state index contributed by atoms with van der Waals surface area (Å²) in [5.74, 6) is -0.607. The van der Waals surface area contributed by atoms with Crippen LogP contribution in [0.2, 0.25) is 0 Å². The molecule has 40 heavy (non-hydrogen) atoms. The third kappa shape index (κ3) is 5.31. The number of rotatable bonds is 8. The summed E-state index contributed by atoms with van der Waals surface area (Å²) in [4.78, 5) is 30.8. The number of nitrogens with one attached hydrogen (secondary N) is 2. The van der Waals surface area contributed by atoms with Crippen molar-refractivity contribution in [1.29, 1.82) is 0 Å². The van der Waals surface area contributed by atoms with Gasteiger partial charge in [-0.1, -0.05) is 6.07 Å². The van der Waals surface area contributed by atoms with Gasteiger partial charge in [-0.15, -0.1) is 0 Å². The minimum atomic E-state index is -0.386. The second-order valence-electron chi connectivity index (χ2n) is 9.32.